The van der Waals surface area contributed by atoms with Crippen molar-refractivity contribution >= 4 is 5.91 Å². The lowest BCUT2D eigenvalue weighted by Crippen LogP contribution is -2.38. The quantitative estimate of drug-likeness (QED) is 0.830. The van der Waals surface area contributed by atoms with Gasteiger partial charge in [-0.15, -0.1) is 0 Å². The largest absolute Gasteiger partial charge is 0.395 e. The molecule has 2 aromatic rings. The van der Waals surface area contributed by atoms with Crippen molar-refractivity contribution in [2.45, 2.75) is 0 Å². The zero-order chi connectivity index (χ0) is 16.8. The maximum absolute atomic E-state index is 12.7. The molecule has 0 bridgehead atoms. The first kappa shape index (κ1) is 17.2. The molecule has 0 radical (unpaired) electrons. The Morgan fingerprint density at radius 3 is 2.65 bits per heavy atom. The van der Waals surface area contributed by atoms with E-state index in [9.17, 15) is 9.90 Å². The molecule has 0 saturated carbocycles. The van der Waals surface area contributed by atoms with E-state index in [-0.39, 0.29) is 12.5 Å². The second-order valence-electron chi connectivity index (χ2n) is 5.79. The van der Waals surface area contributed by atoms with Crippen LogP contribution in [0.3, 0.4) is 0 Å². The van der Waals surface area contributed by atoms with Crippen molar-refractivity contribution in [1.82, 2.24) is 19.4 Å². The number of nitrogens with zero attached hydrogens (tertiary/aromatic N) is 4. The van der Waals surface area contributed by atoms with Gasteiger partial charge in [-0.1, -0.05) is 12.1 Å². The summed E-state index contributed by atoms with van der Waals surface area (Å²) in [6.07, 6.45) is 3.51. The highest BCUT2D eigenvalue weighted by Gasteiger charge is 2.16. The fourth-order valence-corrected chi connectivity index (χ4v) is 2.39. The number of amides is 1. The van der Waals surface area contributed by atoms with Crippen molar-refractivity contribution in [2.24, 2.45) is 7.05 Å². The molecule has 1 heterocycles. The fraction of sp³-hybridized carbons (Fsp3) is 0.412. The van der Waals surface area contributed by atoms with E-state index in [1.54, 1.807) is 17.4 Å². The van der Waals surface area contributed by atoms with Crippen LogP contribution in [0.1, 0.15) is 10.4 Å². The highest BCUT2D eigenvalue weighted by atomic mass is 16.3. The molecule has 0 saturated heterocycles. The van der Waals surface area contributed by atoms with E-state index in [4.69, 9.17) is 0 Å². The van der Waals surface area contributed by atoms with Crippen LogP contribution < -0.4 is 0 Å². The summed E-state index contributed by atoms with van der Waals surface area (Å²) in [7, 11) is 5.85. The normalized spacial score (nSPS) is 11.0. The molecule has 0 aliphatic carbocycles. The van der Waals surface area contributed by atoms with Crippen LogP contribution in [0.2, 0.25) is 0 Å². The van der Waals surface area contributed by atoms with Gasteiger partial charge in [0.2, 0.25) is 0 Å². The molecule has 0 aliphatic heterocycles. The van der Waals surface area contributed by atoms with Crippen LogP contribution in [-0.2, 0) is 7.05 Å². The molecule has 1 aromatic carbocycles. The maximum Gasteiger partial charge on any atom is 0.253 e. The third-order valence-corrected chi connectivity index (χ3v) is 3.70. The van der Waals surface area contributed by atoms with Crippen molar-refractivity contribution in [2.75, 3.05) is 40.3 Å². The highest BCUT2D eigenvalue weighted by Crippen LogP contribution is 2.20. The van der Waals surface area contributed by atoms with Crippen molar-refractivity contribution in [3.8, 4) is 11.3 Å². The lowest BCUT2D eigenvalue weighted by molar-refractivity contribution is 0.0710. The van der Waals surface area contributed by atoms with Gasteiger partial charge in [0.05, 0.1) is 24.8 Å². The third kappa shape index (κ3) is 4.40. The Hall–Kier alpha value is -2.18. The van der Waals surface area contributed by atoms with Crippen LogP contribution in [-0.4, -0.2) is 70.7 Å². The van der Waals surface area contributed by atoms with Gasteiger partial charge < -0.3 is 19.5 Å². The number of carbonyl (C=O) groups excluding carboxylic acids is 1. The summed E-state index contributed by atoms with van der Waals surface area (Å²) in [6, 6.07) is 7.52. The van der Waals surface area contributed by atoms with E-state index < -0.39 is 0 Å². The molecule has 0 unspecified atom stereocenters. The van der Waals surface area contributed by atoms with Gasteiger partial charge in [0.1, 0.15) is 0 Å². The zero-order valence-electron chi connectivity index (χ0n) is 13.9. The van der Waals surface area contributed by atoms with Gasteiger partial charge >= 0.3 is 0 Å². The Labute approximate surface area is 137 Å². The summed E-state index contributed by atoms with van der Waals surface area (Å²) >= 11 is 0. The molecule has 6 nitrogen and oxygen atoms in total. The number of rotatable bonds is 7. The molecule has 23 heavy (non-hydrogen) atoms. The van der Waals surface area contributed by atoms with Crippen LogP contribution in [0.5, 0.6) is 0 Å². The van der Waals surface area contributed by atoms with Gasteiger partial charge in [-0.2, -0.15) is 0 Å². The van der Waals surface area contributed by atoms with Gasteiger partial charge in [0.25, 0.3) is 5.91 Å². The average molecular weight is 316 g/mol. The van der Waals surface area contributed by atoms with Gasteiger partial charge in [-0.05, 0) is 26.2 Å². The van der Waals surface area contributed by atoms with Gasteiger partial charge in [-0.3, -0.25) is 4.79 Å². The average Bonchev–Trinajstić information content (AvgIpc) is 2.97. The Kier molecular flexibility index (Phi) is 5.90. The van der Waals surface area contributed by atoms with Gasteiger partial charge in [0, 0.05) is 37.8 Å². The molecule has 1 N–H and O–H groups in total. The number of aliphatic hydroxyl groups excluding tert-OH is 1. The number of imidazole rings is 1. The first-order chi connectivity index (χ1) is 11.0. The third-order valence-electron chi connectivity index (χ3n) is 3.70. The predicted octanol–water partition coefficient (Wildman–Crippen LogP) is 1.08. The SMILES string of the molecule is CN(C)CCN(CCO)C(=O)c1cccc(-c2cncn2C)c1. The van der Waals surface area contributed by atoms with E-state index in [2.05, 4.69) is 4.98 Å². The minimum atomic E-state index is -0.0649. The van der Waals surface area contributed by atoms with Crippen LogP contribution in [0.4, 0.5) is 0 Å². The molecule has 124 valence electrons. The van der Waals surface area contributed by atoms with E-state index >= 15 is 0 Å². The number of carbonyl (C=O) groups is 1. The fourth-order valence-electron chi connectivity index (χ4n) is 2.39. The number of aromatic nitrogens is 2. The summed E-state index contributed by atoms with van der Waals surface area (Å²) in [5, 5.41) is 9.22. The number of likely N-dealkylation sites (N-methyl/N-ethyl adjacent to an activating group) is 1. The van der Waals surface area contributed by atoms with Gasteiger partial charge in [0.15, 0.2) is 0 Å². The van der Waals surface area contributed by atoms with E-state index in [1.807, 2.05) is 54.9 Å². The molecule has 0 aliphatic rings. The molecule has 0 fully saturated rings. The topological polar surface area (TPSA) is 61.6 Å². The monoisotopic (exact) mass is 316 g/mol. The standard InChI is InChI=1S/C17H24N4O2/c1-19(2)7-8-21(9-10-22)17(23)15-6-4-5-14(11-15)16-12-18-13-20(16)3/h4-6,11-13,22H,7-10H2,1-3H3. The summed E-state index contributed by atoms with van der Waals surface area (Å²) in [5.41, 5.74) is 2.53. The lowest BCUT2D eigenvalue weighted by atomic mass is 10.1. The summed E-state index contributed by atoms with van der Waals surface area (Å²) in [5.74, 6) is -0.0649. The molecule has 1 amide bonds. The Balaban J connectivity index is 2.22. The number of aryl methyl sites for hydroxylation is 1. The van der Waals surface area contributed by atoms with Crippen LogP contribution in [0, 0.1) is 0 Å². The molecule has 1 aromatic heterocycles. The second-order valence-corrected chi connectivity index (χ2v) is 5.79. The second kappa shape index (κ2) is 7.89. The van der Waals surface area contributed by atoms with E-state index in [0.29, 0.717) is 18.7 Å². The minimum absolute atomic E-state index is 0.0411. The smallest absolute Gasteiger partial charge is 0.253 e. The van der Waals surface area contributed by atoms with Crippen LogP contribution >= 0.6 is 0 Å². The van der Waals surface area contributed by atoms with E-state index in [0.717, 1.165) is 17.8 Å². The zero-order valence-corrected chi connectivity index (χ0v) is 13.9. The summed E-state index contributed by atoms with van der Waals surface area (Å²) < 4.78 is 1.92. The number of hydrogen-bond donors (Lipinski definition) is 1. The number of aliphatic hydroxyl groups is 1. The van der Waals surface area contributed by atoms with Crippen LogP contribution in [0.15, 0.2) is 36.8 Å². The minimum Gasteiger partial charge on any atom is -0.395 e. The molecular weight excluding hydrogens is 292 g/mol. The molecule has 0 spiro atoms. The first-order valence-corrected chi connectivity index (χ1v) is 7.64. The predicted molar refractivity (Wildman–Crippen MR) is 90.2 cm³/mol. The molecular formula is C17H24N4O2. The molecule has 2 rings (SSSR count). The first-order valence-electron chi connectivity index (χ1n) is 7.64. The Bertz CT molecular complexity index is 652. The van der Waals surface area contributed by atoms with Crippen molar-refractivity contribution < 1.29 is 9.90 Å². The maximum atomic E-state index is 12.7. The van der Waals surface area contributed by atoms with E-state index in [1.165, 1.54) is 0 Å². The van der Waals surface area contributed by atoms with Gasteiger partial charge in [-0.25, -0.2) is 4.98 Å². The summed E-state index contributed by atoms with van der Waals surface area (Å²) in [4.78, 5) is 20.5. The highest BCUT2D eigenvalue weighted by molar-refractivity contribution is 5.95. The summed E-state index contributed by atoms with van der Waals surface area (Å²) in [6.45, 7) is 1.64. The van der Waals surface area contributed by atoms with Crippen LogP contribution in [0.25, 0.3) is 11.3 Å². The van der Waals surface area contributed by atoms with Crippen molar-refractivity contribution in [1.29, 1.82) is 0 Å². The number of hydrogen-bond acceptors (Lipinski definition) is 4. The lowest BCUT2D eigenvalue weighted by Gasteiger charge is -2.24. The number of benzene rings is 1. The van der Waals surface area contributed by atoms with Crippen molar-refractivity contribution in [3.63, 3.8) is 0 Å². The van der Waals surface area contributed by atoms with Crippen molar-refractivity contribution in [3.05, 3.63) is 42.4 Å². The molecule has 6 heteroatoms. The molecule has 0 atom stereocenters. The Morgan fingerprint density at radius 1 is 1.26 bits per heavy atom. The Morgan fingerprint density at radius 2 is 2.04 bits per heavy atom.